The van der Waals surface area contributed by atoms with Crippen LogP contribution in [-0.2, 0) is 7.05 Å². The van der Waals surface area contributed by atoms with Crippen LogP contribution in [0, 0.1) is 11.3 Å². The van der Waals surface area contributed by atoms with Crippen LogP contribution in [0.2, 0.25) is 0 Å². The van der Waals surface area contributed by atoms with Crippen LogP contribution >= 0.6 is 15.9 Å². The Morgan fingerprint density at radius 3 is 2.79 bits per heavy atom. The van der Waals surface area contributed by atoms with E-state index in [9.17, 15) is 0 Å². The van der Waals surface area contributed by atoms with Crippen molar-refractivity contribution in [2.24, 2.45) is 7.05 Å². The summed E-state index contributed by atoms with van der Waals surface area (Å²) < 4.78 is 4.20. The molecule has 0 saturated heterocycles. The van der Waals surface area contributed by atoms with Crippen molar-refractivity contribution in [3.05, 3.63) is 40.9 Å². The number of nitrogens with zero attached hydrogens (tertiary/aromatic N) is 5. The van der Waals surface area contributed by atoms with Gasteiger partial charge in [0, 0.05) is 17.7 Å². The van der Waals surface area contributed by atoms with Crippen molar-refractivity contribution < 1.29 is 0 Å². The average Bonchev–Trinajstić information content (AvgIpc) is 2.96. The summed E-state index contributed by atoms with van der Waals surface area (Å²) in [5.41, 5.74) is 3.06. The van der Waals surface area contributed by atoms with Crippen LogP contribution < -0.4 is 5.32 Å². The Morgan fingerprint density at radius 2 is 2.11 bits per heavy atom. The highest BCUT2D eigenvalue weighted by atomic mass is 79.9. The third kappa shape index (κ3) is 2.06. The molecule has 0 fully saturated rings. The first kappa shape index (κ1) is 11.7. The van der Waals surface area contributed by atoms with Crippen LogP contribution in [0.25, 0.3) is 5.52 Å². The minimum absolute atomic E-state index is 0.541. The van der Waals surface area contributed by atoms with Gasteiger partial charge in [-0.05, 0) is 22.0 Å². The van der Waals surface area contributed by atoms with E-state index in [1.165, 1.54) is 0 Å². The fourth-order valence-electron chi connectivity index (χ4n) is 1.87. The number of hydrogen-bond acceptors (Lipinski definition) is 4. The van der Waals surface area contributed by atoms with Gasteiger partial charge in [0.25, 0.3) is 0 Å². The van der Waals surface area contributed by atoms with Gasteiger partial charge in [-0.1, -0.05) is 0 Å². The lowest BCUT2D eigenvalue weighted by Gasteiger charge is -2.05. The van der Waals surface area contributed by atoms with Crippen molar-refractivity contribution in [2.75, 3.05) is 5.32 Å². The Morgan fingerprint density at radius 1 is 1.26 bits per heavy atom. The maximum atomic E-state index is 9.01. The molecular formula is C12H9BrN6. The molecule has 3 rings (SSSR count). The maximum absolute atomic E-state index is 9.01. The van der Waals surface area contributed by atoms with Crippen LogP contribution in [-0.4, -0.2) is 19.4 Å². The number of aromatic nitrogens is 4. The standard InChI is InChI=1S/C12H9BrN6/c1-18-6-10(5-15-18)17-9-2-11(13)12-8(3-14)4-16-19(12)7-9/h2,4-7,17H,1H3. The Bertz CT molecular complexity index is 794. The number of nitrogens with one attached hydrogen (secondary N) is 1. The molecule has 0 aliphatic heterocycles. The van der Waals surface area contributed by atoms with E-state index in [4.69, 9.17) is 5.26 Å². The summed E-state index contributed by atoms with van der Waals surface area (Å²) in [6.07, 6.45) is 6.99. The third-order valence-electron chi connectivity index (χ3n) is 2.68. The highest BCUT2D eigenvalue weighted by Gasteiger charge is 2.09. The average molecular weight is 317 g/mol. The molecule has 6 nitrogen and oxygen atoms in total. The normalized spacial score (nSPS) is 10.6. The van der Waals surface area contributed by atoms with E-state index < -0.39 is 0 Å². The molecule has 0 atom stereocenters. The Labute approximate surface area is 117 Å². The quantitative estimate of drug-likeness (QED) is 0.788. The molecule has 0 saturated carbocycles. The number of halogens is 1. The molecule has 0 spiro atoms. The fourth-order valence-corrected chi connectivity index (χ4v) is 2.52. The smallest absolute Gasteiger partial charge is 0.103 e. The van der Waals surface area contributed by atoms with Crippen LogP contribution in [0.15, 0.2) is 35.3 Å². The van der Waals surface area contributed by atoms with Crippen LogP contribution in [0.1, 0.15) is 5.56 Å². The maximum Gasteiger partial charge on any atom is 0.103 e. The van der Waals surface area contributed by atoms with Gasteiger partial charge in [-0.15, -0.1) is 0 Å². The molecule has 7 heteroatoms. The Hall–Kier alpha value is -2.33. The summed E-state index contributed by atoms with van der Waals surface area (Å²) in [5, 5.41) is 20.5. The van der Waals surface area contributed by atoms with E-state index in [1.807, 2.05) is 25.5 Å². The molecule has 3 aromatic heterocycles. The molecule has 0 unspecified atom stereocenters. The Kier molecular flexibility index (Phi) is 2.72. The number of hydrogen-bond donors (Lipinski definition) is 1. The molecule has 0 aliphatic rings. The van der Waals surface area contributed by atoms with Gasteiger partial charge in [-0.25, -0.2) is 4.52 Å². The van der Waals surface area contributed by atoms with Crippen molar-refractivity contribution >= 4 is 32.8 Å². The highest BCUT2D eigenvalue weighted by Crippen LogP contribution is 2.26. The third-order valence-corrected chi connectivity index (χ3v) is 3.28. The monoisotopic (exact) mass is 316 g/mol. The van der Waals surface area contributed by atoms with Gasteiger partial charge in [-0.2, -0.15) is 15.5 Å². The van der Waals surface area contributed by atoms with E-state index in [0.29, 0.717) is 5.56 Å². The second-order valence-electron chi connectivity index (χ2n) is 4.07. The number of aryl methyl sites for hydroxylation is 1. The van der Waals surface area contributed by atoms with E-state index in [0.717, 1.165) is 21.4 Å². The number of nitriles is 1. The van der Waals surface area contributed by atoms with Gasteiger partial charge in [0.15, 0.2) is 0 Å². The topological polar surface area (TPSA) is 70.9 Å². The lowest BCUT2D eigenvalue weighted by Crippen LogP contribution is -1.94. The lowest BCUT2D eigenvalue weighted by atomic mass is 10.3. The van der Waals surface area contributed by atoms with E-state index in [1.54, 1.807) is 21.6 Å². The molecular weight excluding hydrogens is 308 g/mol. The minimum Gasteiger partial charge on any atom is -0.352 e. The van der Waals surface area contributed by atoms with Gasteiger partial charge >= 0.3 is 0 Å². The summed E-state index contributed by atoms with van der Waals surface area (Å²) in [4.78, 5) is 0. The molecule has 1 N–H and O–H groups in total. The Balaban J connectivity index is 2.04. The number of fused-ring (bicyclic) bond motifs is 1. The van der Waals surface area contributed by atoms with Crippen molar-refractivity contribution in [2.45, 2.75) is 0 Å². The van der Waals surface area contributed by atoms with Gasteiger partial charge in [0.05, 0.1) is 41.0 Å². The van der Waals surface area contributed by atoms with Crippen LogP contribution in [0.4, 0.5) is 11.4 Å². The molecule has 0 aliphatic carbocycles. The number of pyridine rings is 1. The van der Waals surface area contributed by atoms with Crippen LogP contribution in [0.5, 0.6) is 0 Å². The molecule has 0 bridgehead atoms. The zero-order valence-electron chi connectivity index (χ0n) is 10.0. The molecule has 0 radical (unpaired) electrons. The predicted molar refractivity (Wildman–Crippen MR) is 74.1 cm³/mol. The molecule has 3 heterocycles. The summed E-state index contributed by atoms with van der Waals surface area (Å²) in [6, 6.07) is 4.02. The summed E-state index contributed by atoms with van der Waals surface area (Å²) >= 11 is 3.46. The van der Waals surface area contributed by atoms with Crippen LogP contribution in [0.3, 0.4) is 0 Å². The number of anilines is 2. The van der Waals surface area contributed by atoms with Gasteiger partial charge in [0.1, 0.15) is 6.07 Å². The van der Waals surface area contributed by atoms with Crippen molar-refractivity contribution in [3.63, 3.8) is 0 Å². The van der Waals surface area contributed by atoms with Gasteiger partial charge < -0.3 is 5.32 Å². The largest absolute Gasteiger partial charge is 0.352 e. The SMILES string of the molecule is Cn1cc(Nc2cc(Br)c3c(C#N)cnn3c2)cn1. The van der Waals surface area contributed by atoms with Crippen molar-refractivity contribution in [1.29, 1.82) is 5.26 Å². The van der Waals surface area contributed by atoms with Crippen molar-refractivity contribution in [1.82, 2.24) is 19.4 Å². The van der Waals surface area contributed by atoms with Gasteiger partial charge in [-0.3, -0.25) is 4.68 Å². The molecule has 0 amide bonds. The lowest BCUT2D eigenvalue weighted by molar-refractivity contribution is 0.768. The molecule has 3 aromatic rings. The second kappa shape index (κ2) is 4.40. The fraction of sp³-hybridized carbons (Fsp3) is 0.0833. The number of rotatable bonds is 2. The highest BCUT2D eigenvalue weighted by molar-refractivity contribution is 9.10. The first-order valence-corrected chi connectivity index (χ1v) is 6.29. The summed E-state index contributed by atoms with van der Waals surface area (Å²) in [7, 11) is 1.86. The summed E-state index contributed by atoms with van der Waals surface area (Å²) in [6.45, 7) is 0. The molecule has 19 heavy (non-hydrogen) atoms. The van der Waals surface area contributed by atoms with E-state index >= 15 is 0 Å². The molecule has 0 aromatic carbocycles. The van der Waals surface area contributed by atoms with Crippen molar-refractivity contribution in [3.8, 4) is 6.07 Å². The zero-order valence-corrected chi connectivity index (χ0v) is 11.6. The van der Waals surface area contributed by atoms with Gasteiger partial charge in [0.2, 0.25) is 0 Å². The summed E-state index contributed by atoms with van der Waals surface area (Å²) in [5.74, 6) is 0. The first-order chi connectivity index (χ1) is 9.17. The second-order valence-corrected chi connectivity index (χ2v) is 4.92. The van der Waals surface area contributed by atoms with E-state index in [-0.39, 0.29) is 0 Å². The molecule has 94 valence electrons. The minimum atomic E-state index is 0.541. The predicted octanol–water partition coefficient (Wildman–Crippen LogP) is 2.45. The zero-order chi connectivity index (χ0) is 13.4. The first-order valence-electron chi connectivity index (χ1n) is 5.50. The van der Waals surface area contributed by atoms with E-state index in [2.05, 4.69) is 37.5 Å².